The van der Waals surface area contributed by atoms with Crippen molar-refractivity contribution in [2.24, 2.45) is 0 Å². The first kappa shape index (κ1) is 6.68. The Morgan fingerprint density at radius 1 is 2.00 bits per heavy atom. The molecule has 0 fully saturated rings. The summed E-state index contributed by atoms with van der Waals surface area (Å²) >= 11 is 4.74. The molecule has 4 heteroatoms. The second-order valence-corrected chi connectivity index (χ2v) is 1.75. The Hall–Kier alpha value is 0.680. The Kier molecular flexibility index (Phi) is 4.29. The summed E-state index contributed by atoms with van der Waals surface area (Å²) in [6.45, 7) is 0. The van der Waals surface area contributed by atoms with Gasteiger partial charge in [0.05, 0.1) is 28.2 Å². The van der Waals surface area contributed by atoms with Gasteiger partial charge in [0.2, 0.25) is 5.91 Å². The number of alkyl halides is 1. The average molecular weight is 264 g/mol. The molecule has 0 heterocycles. The third-order valence-corrected chi connectivity index (χ3v) is 1.34. The summed E-state index contributed by atoms with van der Waals surface area (Å²) in [5.74, 6) is -0.00407. The van der Waals surface area contributed by atoms with Crippen molar-refractivity contribution in [3.8, 4) is 0 Å². The third-order valence-electron chi connectivity index (χ3n) is 0.227. The fourth-order valence-corrected chi connectivity index (χ4v) is 0.880. The molecule has 0 radical (unpaired) electrons. The molecule has 0 saturated carbocycles. The highest BCUT2D eigenvalue weighted by Crippen LogP contribution is 1.79. The van der Waals surface area contributed by atoms with Crippen LogP contribution >= 0.6 is 38.8 Å². The van der Waals surface area contributed by atoms with E-state index in [2.05, 4.69) is 19.5 Å². The van der Waals surface area contributed by atoms with Gasteiger partial charge in [-0.2, -0.15) is 0 Å². The molecule has 0 aromatic heterocycles. The second-order valence-electron chi connectivity index (χ2n) is 0.651. The highest BCUT2D eigenvalue weighted by molar-refractivity contribution is 14.1. The van der Waals surface area contributed by atoms with E-state index in [0.717, 1.165) is 0 Å². The van der Waals surface area contributed by atoms with Gasteiger partial charge in [0.15, 0.2) is 0 Å². The van der Waals surface area contributed by atoms with Crippen molar-refractivity contribution in [2.45, 2.75) is 0 Å². The minimum atomic E-state index is -0.00407. The lowest BCUT2D eigenvalue weighted by Gasteiger charge is -1.83. The van der Waals surface area contributed by atoms with Crippen LogP contribution < -0.4 is 3.53 Å². The van der Waals surface area contributed by atoms with E-state index >= 15 is 0 Å². The Balaban J connectivity index is 2.99. The van der Waals surface area contributed by atoms with E-state index in [1.54, 1.807) is 22.9 Å². The lowest BCUT2D eigenvalue weighted by atomic mass is 10.8. The van der Waals surface area contributed by atoms with Gasteiger partial charge in [0, 0.05) is 0 Å². The molecule has 0 bridgehead atoms. The Labute approximate surface area is 58.3 Å². The number of hydrogen-bond donors (Lipinski definition) is 1. The van der Waals surface area contributed by atoms with Gasteiger partial charge in [-0.25, -0.2) is 0 Å². The van der Waals surface area contributed by atoms with E-state index in [9.17, 15) is 4.79 Å². The maximum atomic E-state index is 10.0. The van der Waals surface area contributed by atoms with Gasteiger partial charge in [0.1, 0.15) is 0 Å². The molecule has 6 heavy (non-hydrogen) atoms. The van der Waals surface area contributed by atoms with Crippen LogP contribution in [0.4, 0.5) is 0 Å². The summed E-state index contributed by atoms with van der Waals surface area (Å²) in [6.07, 6.45) is 0. The molecule has 0 aliphatic rings. The quantitative estimate of drug-likeness (QED) is 0.424. The van der Waals surface area contributed by atoms with Crippen LogP contribution in [-0.2, 0) is 4.79 Å². The monoisotopic (exact) mass is 263 g/mol. The largest absolute Gasteiger partial charge is 0.298 e. The van der Waals surface area contributed by atoms with Crippen molar-refractivity contribution in [1.29, 1.82) is 0 Å². The molecule has 1 amide bonds. The molecule has 0 aromatic rings. The summed E-state index contributed by atoms with van der Waals surface area (Å²) in [4.78, 5) is 10.0. The van der Waals surface area contributed by atoms with Crippen LogP contribution in [0, 0.1) is 0 Å². The summed E-state index contributed by atoms with van der Waals surface area (Å²) in [5, 5.41) is 0.385. The minimum absolute atomic E-state index is 0.00407. The fraction of sp³-hybridized carbons (Fsp3) is 0.500. The molecular weight excluding hydrogens is 261 g/mol. The van der Waals surface area contributed by atoms with Gasteiger partial charge in [-0.05, 0) is 0 Å². The van der Waals surface area contributed by atoms with Crippen molar-refractivity contribution in [3.05, 3.63) is 0 Å². The molecule has 0 unspecified atom stereocenters. The lowest BCUT2D eigenvalue weighted by molar-refractivity contribution is -0.116. The normalized spacial score (nSPS) is 7.67. The van der Waals surface area contributed by atoms with E-state index in [1.807, 2.05) is 0 Å². The number of hydrogen-bond acceptors (Lipinski definition) is 1. The number of halogens is 2. The van der Waals surface area contributed by atoms with Crippen LogP contribution in [0.1, 0.15) is 0 Å². The van der Waals surface area contributed by atoms with Gasteiger partial charge >= 0.3 is 0 Å². The van der Waals surface area contributed by atoms with Crippen molar-refractivity contribution in [3.63, 3.8) is 0 Å². The number of nitrogens with one attached hydrogen (secondary N) is 1. The Morgan fingerprint density at radius 2 is 2.50 bits per heavy atom. The maximum absolute atomic E-state index is 10.0. The van der Waals surface area contributed by atoms with Crippen LogP contribution in [0.3, 0.4) is 0 Å². The zero-order valence-corrected chi connectivity index (χ0v) is 6.61. The fourth-order valence-electron chi connectivity index (χ4n) is 0.0253. The summed E-state index contributed by atoms with van der Waals surface area (Å²) < 4.78 is 2.40. The van der Waals surface area contributed by atoms with E-state index < -0.39 is 0 Å². The summed E-state index contributed by atoms with van der Waals surface area (Å²) in [7, 11) is 0. The van der Waals surface area contributed by atoms with Crippen LogP contribution in [-0.4, -0.2) is 11.2 Å². The Bertz CT molecular complexity index is 51.5. The minimum Gasteiger partial charge on any atom is -0.298 e. The van der Waals surface area contributed by atoms with Gasteiger partial charge in [-0.15, -0.1) is 0 Å². The first-order valence-electron chi connectivity index (χ1n) is 1.26. The van der Waals surface area contributed by atoms with E-state index in [4.69, 9.17) is 0 Å². The molecule has 2 nitrogen and oxygen atoms in total. The molecule has 1 N–H and O–H groups in total. The molecule has 0 aliphatic carbocycles. The van der Waals surface area contributed by atoms with Crippen LogP contribution in [0.5, 0.6) is 0 Å². The van der Waals surface area contributed by atoms with Gasteiger partial charge < -0.3 is 0 Å². The smallest absolute Gasteiger partial charge is 0.239 e. The molecule has 36 valence electrons. The van der Waals surface area contributed by atoms with E-state index in [1.165, 1.54) is 0 Å². The predicted octanol–water partition coefficient (Wildman–Crippen LogP) is 0.848. The standard InChI is InChI=1S/C2H3BrINO/c3-1-2(6)5-4/h1H2,(H,5,6). The summed E-state index contributed by atoms with van der Waals surface area (Å²) in [5.41, 5.74) is 0. The van der Waals surface area contributed by atoms with Gasteiger partial charge in [-0.3, -0.25) is 8.32 Å². The molecule has 0 saturated heterocycles. The molecule has 0 aromatic carbocycles. The van der Waals surface area contributed by atoms with Crippen molar-refractivity contribution >= 4 is 44.7 Å². The topological polar surface area (TPSA) is 29.1 Å². The zero-order valence-electron chi connectivity index (χ0n) is 2.87. The average Bonchev–Trinajstić information content (AvgIpc) is 1.65. The zero-order chi connectivity index (χ0) is 4.99. The van der Waals surface area contributed by atoms with Crippen molar-refractivity contribution in [1.82, 2.24) is 3.53 Å². The SMILES string of the molecule is O=C(CBr)NI. The van der Waals surface area contributed by atoms with Crippen LogP contribution in [0.2, 0.25) is 0 Å². The highest BCUT2D eigenvalue weighted by atomic mass is 127. The lowest BCUT2D eigenvalue weighted by Crippen LogP contribution is -2.11. The van der Waals surface area contributed by atoms with E-state index in [0.29, 0.717) is 5.33 Å². The maximum Gasteiger partial charge on any atom is 0.239 e. The number of carbonyl (C=O) groups excluding carboxylic acids is 1. The Morgan fingerprint density at radius 3 is 2.50 bits per heavy atom. The van der Waals surface area contributed by atoms with Gasteiger partial charge in [-0.1, -0.05) is 15.9 Å². The van der Waals surface area contributed by atoms with Crippen LogP contribution in [0.15, 0.2) is 0 Å². The number of amides is 1. The molecular formula is C2H3BrINO. The van der Waals surface area contributed by atoms with Crippen molar-refractivity contribution < 1.29 is 4.79 Å². The molecule has 0 rings (SSSR count). The van der Waals surface area contributed by atoms with Crippen LogP contribution in [0.25, 0.3) is 0 Å². The number of carbonyl (C=O) groups is 1. The molecule has 0 spiro atoms. The first-order valence-corrected chi connectivity index (χ1v) is 3.46. The molecule has 0 aliphatic heterocycles. The summed E-state index contributed by atoms with van der Waals surface area (Å²) in [6, 6.07) is 0. The highest BCUT2D eigenvalue weighted by Gasteiger charge is 1.87. The second kappa shape index (κ2) is 3.86. The molecule has 0 atom stereocenters. The first-order chi connectivity index (χ1) is 2.81. The van der Waals surface area contributed by atoms with Crippen molar-refractivity contribution in [2.75, 3.05) is 5.33 Å². The predicted molar refractivity (Wildman–Crippen MR) is 36.0 cm³/mol. The van der Waals surface area contributed by atoms with Gasteiger partial charge in [0.25, 0.3) is 0 Å². The third kappa shape index (κ3) is 2.89. The number of rotatable bonds is 1. The van der Waals surface area contributed by atoms with E-state index in [-0.39, 0.29) is 5.91 Å².